The molecule has 0 saturated carbocycles. The van der Waals surface area contributed by atoms with E-state index >= 15 is 0 Å². The number of piperidine rings is 1. The molecule has 0 radical (unpaired) electrons. The average molecular weight is 395 g/mol. The van der Waals surface area contributed by atoms with Crippen LogP contribution < -0.4 is 5.69 Å². The molecule has 2 aliphatic heterocycles. The zero-order valence-electron chi connectivity index (χ0n) is 16.8. The van der Waals surface area contributed by atoms with E-state index < -0.39 is 0 Å². The number of aromatic nitrogens is 2. The number of imidazole rings is 1. The van der Waals surface area contributed by atoms with Crippen LogP contribution in [0.5, 0.6) is 0 Å². The third-order valence-electron chi connectivity index (χ3n) is 7.18. The van der Waals surface area contributed by atoms with Crippen LogP contribution in [-0.4, -0.2) is 32.0 Å². The molecule has 3 heterocycles. The van der Waals surface area contributed by atoms with Gasteiger partial charge in [0.2, 0.25) is 5.91 Å². The van der Waals surface area contributed by atoms with E-state index in [2.05, 4.69) is 4.90 Å². The van der Waals surface area contributed by atoms with Crippen LogP contribution >= 0.6 is 0 Å². The van der Waals surface area contributed by atoms with E-state index in [9.17, 15) is 14.0 Å². The summed E-state index contributed by atoms with van der Waals surface area (Å²) in [6.45, 7) is 0. The third kappa shape index (κ3) is 2.88. The van der Waals surface area contributed by atoms with Crippen molar-refractivity contribution >= 4 is 12.0 Å². The lowest BCUT2D eigenvalue weighted by atomic mass is 9.84. The highest BCUT2D eigenvalue weighted by Gasteiger charge is 2.45. The number of carbonyl (C=O) groups excluding carboxylic acids is 1. The zero-order valence-corrected chi connectivity index (χ0v) is 16.8. The second-order valence-corrected chi connectivity index (χ2v) is 8.75. The van der Waals surface area contributed by atoms with Crippen LogP contribution in [0, 0.1) is 11.7 Å². The Morgan fingerprint density at radius 3 is 2.34 bits per heavy atom. The van der Waals surface area contributed by atoms with Crippen molar-refractivity contribution in [3.63, 3.8) is 0 Å². The van der Waals surface area contributed by atoms with Gasteiger partial charge in [0.05, 0.1) is 11.6 Å². The number of fused-ring (bicyclic) bond motifs is 3. The van der Waals surface area contributed by atoms with Crippen LogP contribution in [0.4, 0.5) is 4.39 Å². The number of hydrogen-bond donors (Lipinski definition) is 0. The predicted molar refractivity (Wildman–Crippen MR) is 109 cm³/mol. The Bertz CT molecular complexity index is 1040. The Hall–Kier alpha value is -2.63. The molecule has 3 aliphatic rings. The number of carbonyl (C=O) groups is 1. The minimum atomic E-state index is -0.207. The Labute approximate surface area is 169 Å². The first-order valence-electron chi connectivity index (χ1n) is 10.4. The van der Waals surface area contributed by atoms with E-state index in [-0.39, 0.29) is 35.4 Å². The summed E-state index contributed by atoms with van der Waals surface area (Å²) in [6.07, 6.45) is 8.44. The van der Waals surface area contributed by atoms with E-state index in [0.29, 0.717) is 12.3 Å². The number of amides is 1. The van der Waals surface area contributed by atoms with Gasteiger partial charge in [0, 0.05) is 38.3 Å². The van der Waals surface area contributed by atoms with Gasteiger partial charge in [-0.3, -0.25) is 13.9 Å². The number of nitrogens with zero attached hydrogens (tertiary/aromatic N) is 3. The highest BCUT2D eigenvalue weighted by atomic mass is 19.1. The average Bonchev–Trinajstić information content (AvgIpc) is 3.12. The summed E-state index contributed by atoms with van der Waals surface area (Å²) in [5.41, 5.74) is 2.97. The van der Waals surface area contributed by atoms with Crippen molar-refractivity contribution in [3.8, 4) is 0 Å². The Kier molecular flexibility index (Phi) is 4.26. The van der Waals surface area contributed by atoms with E-state index in [1.165, 1.54) is 17.7 Å². The molecule has 2 aromatic rings. The van der Waals surface area contributed by atoms with Gasteiger partial charge in [0.25, 0.3) is 0 Å². The lowest BCUT2D eigenvalue weighted by Gasteiger charge is -2.41. The highest BCUT2D eigenvalue weighted by molar-refractivity contribution is 5.84. The third-order valence-corrected chi connectivity index (χ3v) is 7.18. The molecule has 152 valence electrons. The quantitative estimate of drug-likeness (QED) is 0.785. The van der Waals surface area contributed by atoms with Gasteiger partial charge in [-0.1, -0.05) is 18.2 Å². The summed E-state index contributed by atoms with van der Waals surface area (Å²) in [5, 5.41) is 0. The van der Waals surface area contributed by atoms with Crippen molar-refractivity contribution < 1.29 is 9.18 Å². The molecule has 2 saturated heterocycles. The fourth-order valence-electron chi connectivity index (χ4n) is 5.65. The molecular formula is C23H26FN3O2. The maximum atomic E-state index is 13.4. The largest absolute Gasteiger partial charge is 0.336 e. The van der Waals surface area contributed by atoms with Crippen molar-refractivity contribution in [2.75, 3.05) is 0 Å². The van der Waals surface area contributed by atoms with Gasteiger partial charge in [-0.15, -0.1) is 0 Å². The molecule has 1 aromatic heterocycles. The summed E-state index contributed by atoms with van der Waals surface area (Å²) in [5.74, 6) is 0.165. The number of rotatable bonds is 2. The second-order valence-electron chi connectivity index (χ2n) is 8.75. The van der Waals surface area contributed by atoms with Crippen LogP contribution in [0.15, 0.2) is 35.1 Å². The lowest BCUT2D eigenvalue weighted by molar-refractivity contribution is -0.138. The first-order chi connectivity index (χ1) is 13.9. The Morgan fingerprint density at radius 1 is 1.03 bits per heavy atom. The zero-order chi connectivity index (χ0) is 20.3. The van der Waals surface area contributed by atoms with Crippen molar-refractivity contribution in [1.82, 2.24) is 14.0 Å². The second kappa shape index (κ2) is 6.71. The normalized spacial score (nSPS) is 27.9. The van der Waals surface area contributed by atoms with Crippen LogP contribution in [0.3, 0.4) is 0 Å². The van der Waals surface area contributed by atoms with Crippen LogP contribution in [0.2, 0.25) is 0 Å². The minimum Gasteiger partial charge on any atom is -0.336 e. The molecular weight excluding hydrogens is 369 g/mol. The minimum absolute atomic E-state index is 0.0482. The van der Waals surface area contributed by atoms with Crippen molar-refractivity contribution in [2.45, 2.75) is 50.1 Å². The van der Waals surface area contributed by atoms with Crippen molar-refractivity contribution in [1.29, 1.82) is 0 Å². The summed E-state index contributed by atoms with van der Waals surface area (Å²) >= 11 is 0. The van der Waals surface area contributed by atoms with Gasteiger partial charge in [0.15, 0.2) is 0 Å². The highest BCUT2D eigenvalue weighted by Crippen LogP contribution is 2.44. The first kappa shape index (κ1) is 18.4. The van der Waals surface area contributed by atoms with Crippen LogP contribution in [-0.2, 0) is 25.3 Å². The molecule has 2 fully saturated rings. The molecule has 29 heavy (non-hydrogen) atoms. The molecule has 0 spiro atoms. The standard InChI is InChI=1S/C23H26FN3O2/c1-25-20-10-5-15(13-21(20)26(2)23(25)29)22(28)27-18-8-9-19(27)12-16(11-18)14-3-6-17(24)7-4-14/h3-7,10,15-16,18-19H,8-9,11-13H2,1-2H3/t15?,16-,18+,19-. The number of hydrogen-bond acceptors (Lipinski definition) is 2. The summed E-state index contributed by atoms with van der Waals surface area (Å²) < 4.78 is 16.6. The maximum absolute atomic E-state index is 13.4. The number of benzene rings is 1. The van der Waals surface area contributed by atoms with Crippen molar-refractivity contribution in [2.24, 2.45) is 20.0 Å². The number of halogens is 1. The predicted octanol–water partition coefficient (Wildman–Crippen LogP) is 2.99. The molecule has 5 rings (SSSR count). The molecule has 0 N–H and O–H groups in total. The fourth-order valence-corrected chi connectivity index (χ4v) is 5.65. The van der Waals surface area contributed by atoms with E-state index in [0.717, 1.165) is 37.1 Å². The Morgan fingerprint density at radius 2 is 1.69 bits per heavy atom. The van der Waals surface area contributed by atoms with Gasteiger partial charge in [-0.25, -0.2) is 9.18 Å². The summed E-state index contributed by atoms with van der Waals surface area (Å²) in [6, 6.07) is 7.35. The van der Waals surface area contributed by atoms with Crippen LogP contribution in [0.1, 0.15) is 48.6 Å². The van der Waals surface area contributed by atoms with Crippen LogP contribution in [0.25, 0.3) is 6.08 Å². The molecule has 1 aliphatic carbocycles. The maximum Gasteiger partial charge on any atom is 0.328 e. The van der Waals surface area contributed by atoms with E-state index in [1.807, 2.05) is 24.3 Å². The monoisotopic (exact) mass is 395 g/mol. The first-order valence-corrected chi connectivity index (χ1v) is 10.4. The topological polar surface area (TPSA) is 47.2 Å². The molecule has 1 amide bonds. The molecule has 2 bridgehead atoms. The lowest BCUT2D eigenvalue weighted by Crippen LogP contribution is -2.48. The van der Waals surface area contributed by atoms with E-state index in [4.69, 9.17) is 0 Å². The molecule has 1 aromatic carbocycles. The van der Waals surface area contributed by atoms with Gasteiger partial charge in [0.1, 0.15) is 5.82 Å². The van der Waals surface area contributed by atoms with Gasteiger partial charge < -0.3 is 4.90 Å². The Balaban J connectivity index is 1.35. The summed E-state index contributed by atoms with van der Waals surface area (Å²) in [4.78, 5) is 27.8. The molecule has 4 atom stereocenters. The summed E-state index contributed by atoms with van der Waals surface area (Å²) in [7, 11) is 3.55. The SMILES string of the molecule is Cn1c2c(n(C)c1=O)CC(C(=O)N1[C@@H]3CC[C@H]1C[C@@H](c1ccc(F)cc1)C3)C=C2. The molecule has 1 unspecified atom stereocenters. The van der Waals surface area contributed by atoms with Gasteiger partial charge >= 0.3 is 5.69 Å². The molecule has 6 heteroatoms. The van der Waals surface area contributed by atoms with E-state index in [1.54, 1.807) is 23.2 Å². The van der Waals surface area contributed by atoms with Gasteiger partial charge in [-0.2, -0.15) is 0 Å². The van der Waals surface area contributed by atoms with Gasteiger partial charge in [-0.05, 0) is 55.4 Å². The van der Waals surface area contributed by atoms with Crippen molar-refractivity contribution in [3.05, 3.63) is 63.6 Å². The smallest absolute Gasteiger partial charge is 0.328 e. The molecule has 5 nitrogen and oxygen atoms in total. The fraction of sp³-hybridized carbons (Fsp3) is 0.478.